The van der Waals surface area contributed by atoms with E-state index in [2.05, 4.69) is 22.3 Å². The minimum absolute atomic E-state index is 0.0802. The van der Waals surface area contributed by atoms with Gasteiger partial charge in [0.25, 0.3) is 5.91 Å². The van der Waals surface area contributed by atoms with Crippen LogP contribution in [0.2, 0.25) is 0 Å². The van der Waals surface area contributed by atoms with Gasteiger partial charge in [-0.05, 0) is 18.2 Å². The minimum atomic E-state index is -0.670. The monoisotopic (exact) mass is 273 g/mol. The maximum absolute atomic E-state index is 13.8. The number of carbonyl (C=O) groups excluding carboxylic acids is 1. The van der Waals surface area contributed by atoms with E-state index >= 15 is 0 Å². The predicted octanol–water partition coefficient (Wildman–Crippen LogP) is 1.16. The first kappa shape index (κ1) is 13.8. The smallest absolute Gasteiger partial charge is 0.258 e. The van der Waals surface area contributed by atoms with Crippen molar-refractivity contribution in [1.29, 1.82) is 0 Å². The summed E-state index contributed by atoms with van der Waals surface area (Å²) in [5.41, 5.74) is 0.805. The van der Waals surface area contributed by atoms with Gasteiger partial charge in [-0.15, -0.1) is 0 Å². The van der Waals surface area contributed by atoms with Gasteiger partial charge in [-0.2, -0.15) is 5.10 Å². The Kier molecular flexibility index (Phi) is 4.13. The van der Waals surface area contributed by atoms with Crippen molar-refractivity contribution in [2.45, 2.75) is 0 Å². The number of aryl methyl sites for hydroxylation is 1. The zero-order valence-corrected chi connectivity index (χ0v) is 10.7. The number of anilines is 1. The van der Waals surface area contributed by atoms with E-state index in [1.165, 1.54) is 23.0 Å². The Morgan fingerprint density at radius 1 is 1.55 bits per heavy atom. The van der Waals surface area contributed by atoms with E-state index in [1.54, 1.807) is 13.2 Å². The molecule has 2 aromatic rings. The Morgan fingerprint density at radius 2 is 2.35 bits per heavy atom. The number of rotatable bonds is 2. The Labute approximate surface area is 115 Å². The number of nitrogens with one attached hydrogen (secondary N) is 1. The van der Waals surface area contributed by atoms with Crippen LogP contribution in [-0.2, 0) is 7.05 Å². The van der Waals surface area contributed by atoms with E-state index < -0.39 is 11.7 Å². The van der Waals surface area contributed by atoms with Gasteiger partial charge in [0.15, 0.2) is 0 Å². The molecule has 102 valence electrons. The third-order valence-corrected chi connectivity index (χ3v) is 2.49. The number of hydrogen-bond acceptors (Lipinski definition) is 3. The van der Waals surface area contributed by atoms with Crippen molar-refractivity contribution in [3.8, 4) is 11.8 Å². The second kappa shape index (κ2) is 5.99. The Morgan fingerprint density at radius 3 is 2.95 bits per heavy atom. The Bertz CT molecular complexity index is 698. The van der Waals surface area contributed by atoms with Crippen LogP contribution in [0, 0.1) is 17.7 Å². The van der Waals surface area contributed by atoms with Gasteiger partial charge >= 0.3 is 0 Å². The van der Waals surface area contributed by atoms with Gasteiger partial charge in [0.2, 0.25) is 0 Å². The molecule has 0 atom stereocenters. The van der Waals surface area contributed by atoms with Crippen LogP contribution in [0.15, 0.2) is 30.6 Å². The molecule has 0 saturated carbocycles. The lowest BCUT2D eigenvalue weighted by molar-refractivity contribution is 0.102. The molecule has 5 nitrogen and oxygen atoms in total. The molecule has 20 heavy (non-hydrogen) atoms. The van der Waals surface area contributed by atoms with Crippen molar-refractivity contribution in [2.75, 3.05) is 11.9 Å². The highest BCUT2D eigenvalue weighted by molar-refractivity contribution is 6.04. The summed E-state index contributed by atoms with van der Waals surface area (Å²) in [4.78, 5) is 11.9. The maximum Gasteiger partial charge on any atom is 0.258 e. The molecule has 6 heteroatoms. The van der Waals surface area contributed by atoms with Crippen LogP contribution in [0.3, 0.4) is 0 Å². The van der Waals surface area contributed by atoms with Crippen LogP contribution in [0.1, 0.15) is 15.9 Å². The molecule has 0 saturated heterocycles. The number of hydrogen-bond donors (Lipinski definition) is 2. The second-order valence-corrected chi connectivity index (χ2v) is 4.01. The SMILES string of the molecule is Cn1cc(NC(=O)c2ccc(C#CCO)cc2F)cn1. The Hall–Kier alpha value is -2.65. The number of aliphatic hydroxyl groups is 1. The molecule has 1 amide bonds. The summed E-state index contributed by atoms with van der Waals surface area (Å²) in [5, 5.41) is 15.0. The lowest BCUT2D eigenvalue weighted by Gasteiger charge is -2.04. The van der Waals surface area contributed by atoms with E-state index in [-0.39, 0.29) is 12.2 Å². The van der Waals surface area contributed by atoms with Crippen molar-refractivity contribution < 1.29 is 14.3 Å². The number of aromatic nitrogens is 2. The standard InChI is InChI=1S/C14H12FN3O2/c1-18-9-11(8-16-18)17-14(20)12-5-4-10(3-2-6-19)7-13(12)15/h4-5,7-9,19H,6H2,1H3,(H,17,20). The van der Waals surface area contributed by atoms with Crippen molar-refractivity contribution in [1.82, 2.24) is 9.78 Å². The van der Waals surface area contributed by atoms with Gasteiger partial charge in [-0.25, -0.2) is 4.39 Å². The highest BCUT2D eigenvalue weighted by atomic mass is 19.1. The van der Waals surface area contributed by atoms with Crippen LogP contribution in [0.5, 0.6) is 0 Å². The first-order valence-electron chi connectivity index (χ1n) is 5.79. The van der Waals surface area contributed by atoms with Crippen molar-refractivity contribution >= 4 is 11.6 Å². The summed E-state index contributed by atoms with van der Waals surface area (Å²) in [7, 11) is 1.71. The summed E-state index contributed by atoms with van der Waals surface area (Å²) in [6, 6.07) is 4.02. The van der Waals surface area contributed by atoms with Gasteiger partial charge < -0.3 is 10.4 Å². The normalized spacial score (nSPS) is 9.75. The molecule has 1 heterocycles. The predicted molar refractivity (Wildman–Crippen MR) is 71.5 cm³/mol. The molecule has 1 aromatic heterocycles. The third kappa shape index (κ3) is 3.22. The highest BCUT2D eigenvalue weighted by Gasteiger charge is 2.12. The summed E-state index contributed by atoms with van der Waals surface area (Å²) in [5.74, 6) is 3.75. The summed E-state index contributed by atoms with van der Waals surface area (Å²) in [6.07, 6.45) is 3.08. The van der Waals surface area contributed by atoms with Crippen molar-refractivity contribution in [3.63, 3.8) is 0 Å². The minimum Gasteiger partial charge on any atom is -0.384 e. The van der Waals surface area contributed by atoms with Crippen LogP contribution < -0.4 is 5.32 Å². The lowest BCUT2D eigenvalue weighted by atomic mass is 10.1. The summed E-state index contributed by atoms with van der Waals surface area (Å²) < 4.78 is 15.4. The fourth-order valence-corrected chi connectivity index (χ4v) is 1.60. The maximum atomic E-state index is 13.8. The number of benzene rings is 1. The molecule has 0 aliphatic rings. The quantitative estimate of drug-likeness (QED) is 0.807. The first-order chi connectivity index (χ1) is 9.60. The fraction of sp³-hybridized carbons (Fsp3) is 0.143. The third-order valence-electron chi connectivity index (χ3n) is 2.49. The van der Waals surface area contributed by atoms with Gasteiger partial charge in [0, 0.05) is 18.8 Å². The van der Waals surface area contributed by atoms with E-state index in [0.29, 0.717) is 11.3 Å². The molecule has 2 N–H and O–H groups in total. The summed E-state index contributed by atoms with van der Waals surface area (Å²) in [6.45, 7) is -0.301. The summed E-state index contributed by atoms with van der Waals surface area (Å²) >= 11 is 0. The zero-order chi connectivity index (χ0) is 14.5. The molecule has 0 fully saturated rings. The van der Waals surface area contributed by atoms with E-state index in [4.69, 9.17) is 5.11 Å². The van der Waals surface area contributed by atoms with Gasteiger partial charge in [0.05, 0.1) is 17.4 Å². The molecule has 0 spiro atoms. The zero-order valence-electron chi connectivity index (χ0n) is 10.7. The van der Waals surface area contributed by atoms with Crippen LogP contribution in [0.25, 0.3) is 0 Å². The van der Waals surface area contributed by atoms with E-state index in [1.807, 2.05) is 0 Å². The molecule has 2 rings (SSSR count). The number of aliphatic hydroxyl groups excluding tert-OH is 1. The van der Waals surface area contributed by atoms with Gasteiger partial charge in [-0.1, -0.05) is 11.8 Å². The second-order valence-electron chi connectivity index (χ2n) is 4.01. The lowest BCUT2D eigenvalue weighted by Crippen LogP contribution is -2.13. The molecular formula is C14H12FN3O2. The topological polar surface area (TPSA) is 67.2 Å². The average Bonchev–Trinajstić information content (AvgIpc) is 2.81. The number of carbonyl (C=O) groups is 1. The molecule has 0 unspecified atom stereocenters. The first-order valence-corrected chi connectivity index (χ1v) is 5.79. The number of halogens is 1. The number of amides is 1. The van der Waals surface area contributed by atoms with Crippen LogP contribution in [0.4, 0.5) is 10.1 Å². The van der Waals surface area contributed by atoms with Crippen LogP contribution in [-0.4, -0.2) is 27.4 Å². The molecular weight excluding hydrogens is 261 g/mol. The van der Waals surface area contributed by atoms with Gasteiger partial charge in [-0.3, -0.25) is 9.48 Å². The average molecular weight is 273 g/mol. The molecule has 0 bridgehead atoms. The van der Waals surface area contributed by atoms with E-state index in [0.717, 1.165) is 6.07 Å². The molecule has 0 radical (unpaired) electrons. The van der Waals surface area contributed by atoms with Gasteiger partial charge in [0.1, 0.15) is 12.4 Å². The van der Waals surface area contributed by atoms with E-state index in [9.17, 15) is 9.18 Å². The molecule has 0 aliphatic carbocycles. The van der Waals surface area contributed by atoms with Crippen molar-refractivity contribution in [2.24, 2.45) is 7.05 Å². The fourth-order valence-electron chi connectivity index (χ4n) is 1.60. The van der Waals surface area contributed by atoms with Crippen molar-refractivity contribution in [3.05, 3.63) is 47.5 Å². The van der Waals surface area contributed by atoms with Crippen LogP contribution >= 0.6 is 0 Å². The molecule has 0 aliphatic heterocycles. The largest absolute Gasteiger partial charge is 0.384 e. The number of nitrogens with zero attached hydrogens (tertiary/aromatic N) is 2. The molecule has 1 aromatic carbocycles. The Balaban J connectivity index is 2.18. The highest BCUT2D eigenvalue weighted by Crippen LogP contribution is 2.13.